The number of carbonyl (C=O) groups is 2. The third kappa shape index (κ3) is 3.55. The van der Waals surface area contributed by atoms with E-state index < -0.39 is 0 Å². The second-order valence-corrected chi connectivity index (χ2v) is 7.91. The third-order valence-corrected chi connectivity index (χ3v) is 6.11. The Balaban J connectivity index is 1.72. The van der Waals surface area contributed by atoms with Crippen molar-refractivity contribution >= 4 is 52.4 Å². The average Bonchev–Trinajstić information content (AvgIpc) is 2.83. The van der Waals surface area contributed by atoms with Crippen molar-refractivity contribution in [3.8, 4) is 0 Å². The lowest BCUT2D eigenvalue weighted by atomic mass is 10.1. The molecule has 0 fully saturated rings. The topological polar surface area (TPSA) is 58.2 Å². The first-order valence-corrected chi connectivity index (χ1v) is 9.36. The predicted molar refractivity (Wildman–Crippen MR) is 102 cm³/mol. The highest BCUT2D eigenvalue weighted by molar-refractivity contribution is 8.03. The van der Waals surface area contributed by atoms with Crippen molar-refractivity contribution in [2.75, 3.05) is 10.6 Å². The van der Waals surface area contributed by atoms with Gasteiger partial charge in [0.05, 0.1) is 4.91 Å². The van der Waals surface area contributed by atoms with E-state index in [0.717, 1.165) is 10.7 Å². The fraction of sp³-hybridized carbons (Fsp3) is 0.222. The van der Waals surface area contributed by atoms with E-state index in [4.69, 9.17) is 0 Å². The summed E-state index contributed by atoms with van der Waals surface area (Å²) < 4.78 is 0. The molecule has 0 aliphatic carbocycles. The van der Waals surface area contributed by atoms with Gasteiger partial charge < -0.3 is 10.6 Å². The van der Waals surface area contributed by atoms with Crippen LogP contribution in [0.2, 0.25) is 0 Å². The Labute approximate surface area is 149 Å². The molecule has 2 heterocycles. The van der Waals surface area contributed by atoms with Crippen molar-refractivity contribution < 1.29 is 9.59 Å². The molecule has 0 bridgehead atoms. The monoisotopic (exact) mass is 358 g/mol. The van der Waals surface area contributed by atoms with Crippen molar-refractivity contribution in [1.82, 2.24) is 0 Å². The number of anilines is 2. The van der Waals surface area contributed by atoms with Crippen molar-refractivity contribution in [2.45, 2.75) is 26.5 Å². The zero-order valence-electron chi connectivity index (χ0n) is 13.7. The minimum Gasteiger partial charge on any atom is -0.326 e. The molecule has 0 radical (unpaired) electrons. The normalized spacial score (nSPS) is 13.0. The fourth-order valence-electron chi connectivity index (χ4n) is 2.47. The Kier molecular flexibility index (Phi) is 4.78. The van der Waals surface area contributed by atoms with Crippen LogP contribution >= 0.6 is 23.1 Å². The molecule has 1 aliphatic rings. The molecule has 1 aromatic carbocycles. The third-order valence-electron chi connectivity index (χ3n) is 3.86. The summed E-state index contributed by atoms with van der Waals surface area (Å²) in [6.07, 6.45) is 1.98. The van der Waals surface area contributed by atoms with Crippen LogP contribution in [0.5, 0.6) is 0 Å². The Hall–Kier alpha value is -2.05. The first kappa shape index (κ1) is 16.8. The number of fused-ring (bicyclic) bond motifs is 1. The summed E-state index contributed by atoms with van der Waals surface area (Å²) in [4.78, 5) is 26.7. The molecule has 3 rings (SSSR count). The molecule has 0 unspecified atom stereocenters. The molecule has 1 aromatic heterocycles. The molecule has 0 saturated carbocycles. The Morgan fingerprint density at radius 3 is 2.29 bits per heavy atom. The van der Waals surface area contributed by atoms with Gasteiger partial charge in [-0.05, 0) is 55.3 Å². The molecule has 24 heavy (non-hydrogen) atoms. The van der Waals surface area contributed by atoms with E-state index in [1.165, 1.54) is 27.8 Å². The van der Waals surface area contributed by atoms with Crippen LogP contribution in [-0.4, -0.2) is 11.8 Å². The molecule has 4 nitrogen and oxygen atoms in total. The van der Waals surface area contributed by atoms with Gasteiger partial charge in [0, 0.05) is 33.8 Å². The maximum atomic E-state index is 12.5. The van der Waals surface area contributed by atoms with Gasteiger partial charge in [-0.1, -0.05) is 0 Å². The molecule has 6 heteroatoms. The minimum absolute atomic E-state index is 0.0957. The first-order valence-electron chi connectivity index (χ1n) is 7.56. The van der Waals surface area contributed by atoms with E-state index in [2.05, 4.69) is 24.5 Å². The average molecular weight is 358 g/mol. The van der Waals surface area contributed by atoms with Crippen LogP contribution in [0.15, 0.2) is 29.2 Å². The molecule has 2 N–H and O–H groups in total. The summed E-state index contributed by atoms with van der Waals surface area (Å²) in [6, 6.07) is 7.09. The van der Waals surface area contributed by atoms with E-state index in [-0.39, 0.29) is 11.8 Å². The Bertz CT molecular complexity index is 835. The number of aryl methyl sites for hydroxylation is 1. The summed E-state index contributed by atoms with van der Waals surface area (Å²) in [7, 11) is 0. The van der Waals surface area contributed by atoms with Gasteiger partial charge in [-0.3, -0.25) is 9.59 Å². The van der Waals surface area contributed by atoms with Crippen molar-refractivity contribution in [3.63, 3.8) is 0 Å². The van der Waals surface area contributed by atoms with E-state index in [0.29, 0.717) is 11.4 Å². The number of rotatable bonds is 3. The van der Waals surface area contributed by atoms with Crippen LogP contribution < -0.4 is 10.6 Å². The minimum atomic E-state index is -0.118. The van der Waals surface area contributed by atoms with Gasteiger partial charge in [0.1, 0.15) is 0 Å². The molecule has 1 aliphatic heterocycles. The molecular formula is C18H18N2O2S2. The summed E-state index contributed by atoms with van der Waals surface area (Å²) in [5, 5.41) is 5.61. The van der Waals surface area contributed by atoms with Crippen LogP contribution in [-0.2, 0) is 15.3 Å². The van der Waals surface area contributed by atoms with Gasteiger partial charge in [0.2, 0.25) is 5.91 Å². The van der Waals surface area contributed by atoms with Crippen LogP contribution in [0, 0.1) is 13.8 Å². The second-order valence-electron chi connectivity index (χ2n) is 5.64. The van der Waals surface area contributed by atoms with Crippen LogP contribution in [0.3, 0.4) is 0 Å². The highest BCUT2D eigenvalue weighted by atomic mass is 32.2. The van der Waals surface area contributed by atoms with E-state index in [1.54, 1.807) is 47.4 Å². The van der Waals surface area contributed by atoms with Crippen LogP contribution in [0.25, 0.3) is 6.08 Å². The summed E-state index contributed by atoms with van der Waals surface area (Å²) in [5.74, 6) is 0.626. The summed E-state index contributed by atoms with van der Waals surface area (Å²) in [5.41, 5.74) is 4.10. The maximum Gasteiger partial charge on any atom is 0.262 e. The van der Waals surface area contributed by atoms with Gasteiger partial charge in [-0.15, -0.1) is 23.1 Å². The number of amides is 2. The van der Waals surface area contributed by atoms with Crippen molar-refractivity contribution in [2.24, 2.45) is 0 Å². The van der Waals surface area contributed by atoms with Crippen LogP contribution in [0.1, 0.15) is 27.8 Å². The Morgan fingerprint density at radius 2 is 1.67 bits per heavy atom. The molecule has 2 aromatic rings. The molecule has 0 saturated heterocycles. The van der Waals surface area contributed by atoms with Gasteiger partial charge in [-0.25, -0.2) is 0 Å². The standard InChI is InChI=1S/C18H18N2O2S2/c1-10-11(2)24-16-8-17(23-9-15(10)16)18(22)20-14-6-4-13(5-7-14)19-12(3)21/h4-8H,9H2,1-3H3,(H,19,21)(H,20,22). The van der Waals surface area contributed by atoms with E-state index in [9.17, 15) is 9.59 Å². The molecule has 2 amide bonds. The number of carbonyl (C=O) groups excluding carboxylic acids is 2. The number of hydrogen-bond donors (Lipinski definition) is 2. The second kappa shape index (κ2) is 6.83. The lowest BCUT2D eigenvalue weighted by Crippen LogP contribution is -2.14. The lowest BCUT2D eigenvalue weighted by molar-refractivity contribution is -0.114. The molecule has 124 valence electrons. The first-order chi connectivity index (χ1) is 11.4. The highest BCUT2D eigenvalue weighted by Gasteiger charge is 2.21. The smallest absolute Gasteiger partial charge is 0.262 e. The zero-order chi connectivity index (χ0) is 17.3. The SMILES string of the molecule is CC(=O)Nc1ccc(NC(=O)C2=Cc3sc(C)c(C)c3CS2)cc1. The highest BCUT2D eigenvalue weighted by Crippen LogP contribution is 2.39. The molecular weight excluding hydrogens is 340 g/mol. The zero-order valence-corrected chi connectivity index (χ0v) is 15.4. The van der Waals surface area contributed by atoms with Gasteiger partial charge in [0.15, 0.2) is 0 Å². The number of benzene rings is 1. The number of nitrogens with one attached hydrogen (secondary N) is 2. The molecule has 0 spiro atoms. The van der Waals surface area contributed by atoms with E-state index in [1.807, 2.05) is 6.08 Å². The predicted octanol–water partition coefficient (Wildman–Crippen LogP) is 4.55. The lowest BCUT2D eigenvalue weighted by Gasteiger charge is -2.14. The van der Waals surface area contributed by atoms with Gasteiger partial charge in [0.25, 0.3) is 5.91 Å². The van der Waals surface area contributed by atoms with Gasteiger partial charge in [-0.2, -0.15) is 0 Å². The number of thioether (sulfide) groups is 1. The van der Waals surface area contributed by atoms with E-state index >= 15 is 0 Å². The number of thiophene rings is 1. The van der Waals surface area contributed by atoms with Crippen LogP contribution in [0.4, 0.5) is 11.4 Å². The largest absolute Gasteiger partial charge is 0.326 e. The van der Waals surface area contributed by atoms with Crippen molar-refractivity contribution in [1.29, 1.82) is 0 Å². The summed E-state index contributed by atoms with van der Waals surface area (Å²) in [6.45, 7) is 5.72. The maximum absolute atomic E-state index is 12.5. The fourth-order valence-corrected chi connectivity index (χ4v) is 4.82. The van der Waals surface area contributed by atoms with Crippen molar-refractivity contribution in [3.05, 3.63) is 50.1 Å². The Morgan fingerprint density at radius 1 is 1.04 bits per heavy atom. The van der Waals surface area contributed by atoms with Gasteiger partial charge >= 0.3 is 0 Å². The quantitative estimate of drug-likeness (QED) is 0.846. The number of hydrogen-bond acceptors (Lipinski definition) is 4. The summed E-state index contributed by atoms with van der Waals surface area (Å²) >= 11 is 3.31. The molecule has 0 atom stereocenters.